The molecule has 11 nitrogen and oxygen atoms in total. The molecule has 0 fully saturated rings. The molecule has 1 amide bonds. The lowest BCUT2D eigenvalue weighted by atomic mass is 10.1. The minimum atomic E-state index is -4.40. The molecule has 0 heterocycles. The van der Waals surface area contributed by atoms with Gasteiger partial charge in [-0.3, -0.25) is 18.6 Å². The Morgan fingerprint density at radius 2 is 1.03 bits per heavy atom. The summed E-state index contributed by atoms with van der Waals surface area (Å²) in [5.41, 5.74) is -0.230. The first kappa shape index (κ1) is 53.7. The Bertz CT molecular complexity index is 1460. The van der Waals surface area contributed by atoms with Crippen LogP contribution in [0.15, 0.2) is 60.7 Å². The molecule has 0 spiro atoms. The number of carbonyl (C=O) groups is 3. The largest absolute Gasteiger partial charge is 0.530 e. The number of carbonyl (C=O) groups excluding carboxylic acids is 3. The fourth-order valence-corrected chi connectivity index (χ4v) is 8.06. The molecule has 0 bridgehead atoms. The van der Waals surface area contributed by atoms with Gasteiger partial charge in [0.05, 0.1) is 12.1 Å². The summed E-state index contributed by atoms with van der Waals surface area (Å²) in [6.45, 7) is 6.92. The third-order valence-corrected chi connectivity index (χ3v) is 11.7. The summed E-state index contributed by atoms with van der Waals surface area (Å²) in [5, 5.41) is 2.73. The van der Waals surface area contributed by atoms with Crippen molar-refractivity contribution in [2.45, 2.75) is 200 Å². The number of alkyl carbamates (subject to hydrolysis) is 1. The second-order valence-electron chi connectivity index (χ2n) is 16.9. The number of benzene rings is 2. The molecule has 0 aliphatic heterocycles. The average Bonchev–Trinajstić information content (AvgIpc) is 3.25. The number of para-hydroxylation sites is 1. The van der Waals surface area contributed by atoms with Crippen molar-refractivity contribution in [3.63, 3.8) is 0 Å². The van der Waals surface area contributed by atoms with Gasteiger partial charge >= 0.3 is 25.9 Å². The van der Waals surface area contributed by atoms with Gasteiger partial charge in [0.2, 0.25) is 0 Å². The Morgan fingerprint density at radius 3 is 1.54 bits per heavy atom. The van der Waals surface area contributed by atoms with Crippen LogP contribution in [0.5, 0.6) is 5.75 Å². The fourth-order valence-electron chi connectivity index (χ4n) is 6.67. The zero-order chi connectivity index (χ0) is 44.3. The van der Waals surface area contributed by atoms with Gasteiger partial charge in [0.25, 0.3) is 0 Å². The molecule has 0 aliphatic carbocycles. The number of nitrogens with one attached hydrogen (secondary N) is 1. The summed E-state index contributed by atoms with van der Waals surface area (Å²) in [4.78, 5) is 38.5. The van der Waals surface area contributed by atoms with Gasteiger partial charge in [0.1, 0.15) is 25.6 Å². The topological polar surface area (TPSA) is 136 Å². The number of hydrogen-bond donors (Lipinski definition) is 1. The van der Waals surface area contributed by atoms with Crippen LogP contribution in [0.2, 0.25) is 0 Å². The molecular weight excluding hydrogens is 794 g/mol. The van der Waals surface area contributed by atoms with Gasteiger partial charge in [-0.05, 0) is 44.4 Å². The number of esters is 2. The van der Waals surface area contributed by atoms with Crippen LogP contribution in [-0.4, -0.2) is 49.5 Å². The van der Waals surface area contributed by atoms with Gasteiger partial charge in [0.15, 0.2) is 6.10 Å². The minimum absolute atomic E-state index is 0.0750. The lowest BCUT2D eigenvalue weighted by Crippen LogP contribution is -2.47. The molecule has 1 unspecified atom stereocenters. The van der Waals surface area contributed by atoms with E-state index in [2.05, 4.69) is 19.2 Å². The third-order valence-electron chi connectivity index (χ3n) is 10.3. The Kier molecular flexibility index (Phi) is 30.1. The molecule has 0 aromatic heterocycles. The van der Waals surface area contributed by atoms with Gasteiger partial charge in [0, 0.05) is 12.8 Å². The number of hydrogen-bond acceptors (Lipinski definition) is 10. The first-order valence-corrected chi connectivity index (χ1v) is 25.0. The molecule has 346 valence electrons. The van der Waals surface area contributed by atoms with Crippen LogP contribution in [-0.2, 0) is 44.0 Å². The smallest absolute Gasteiger partial charge is 0.462 e. The number of ether oxygens (including phenoxy) is 3. The molecule has 2 rings (SSSR count). The van der Waals surface area contributed by atoms with Gasteiger partial charge in [-0.1, -0.05) is 191 Å². The molecule has 0 aliphatic rings. The Balaban J connectivity index is 1.95. The number of amides is 1. The Hall–Kier alpha value is -3.40. The van der Waals surface area contributed by atoms with E-state index >= 15 is 0 Å². The summed E-state index contributed by atoms with van der Waals surface area (Å²) in [7, 11) is -4.40. The fraction of sp³-hybridized carbons (Fsp3) is 0.694. The SMILES string of the molecule is CCCCCCCCCCCCCC(=O)OC[C@@H](COP(=O)(OCC(C)(C)NC(=O)OCc1ccccc1)Oc1ccccc1)OC(=O)CCCCCCCCCCCCC. The highest BCUT2D eigenvalue weighted by atomic mass is 31.2. The van der Waals surface area contributed by atoms with Crippen LogP contribution < -0.4 is 9.84 Å². The summed E-state index contributed by atoms with van der Waals surface area (Å²) < 4.78 is 48.3. The maximum Gasteiger partial charge on any atom is 0.530 e. The minimum Gasteiger partial charge on any atom is -0.462 e. The van der Waals surface area contributed by atoms with Crippen LogP contribution in [0.25, 0.3) is 0 Å². The highest BCUT2D eigenvalue weighted by Crippen LogP contribution is 2.50. The maximum atomic E-state index is 14.2. The van der Waals surface area contributed by atoms with E-state index in [0.29, 0.717) is 12.8 Å². The lowest BCUT2D eigenvalue weighted by Gasteiger charge is -2.28. The van der Waals surface area contributed by atoms with Crippen molar-refractivity contribution in [2.24, 2.45) is 0 Å². The second-order valence-corrected chi connectivity index (χ2v) is 18.5. The van der Waals surface area contributed by atoms with Crippen LogP contribution >= 0.6 is 7.82 Å². The predicted molar refractivity (Wildman–Crippen MR) is 243 cm³/mol. The second kappa shape index (κ2) is 34.1. The van der Waals surface area contributed by atoms with Gasteiger partial charge < -0.3 is 24.1 Å². The maximum absolute atomic E-state index is 14.2. The Morgan fingerprint density at radius 1 is 0.574 bits per heavy atom. The molecule has 0 saturated heterocycles. The van der Waals surface area contributed by atoms with E-state index in [1.165, 1.54) is 89.9 Å². The summed E-state index contributed by atoms with van der Waals surface area (Å²) in [5.74, 6) is -0.624. The Labute approximate surface area is 368 Å². The monoisotopic (exact) mass is 874 g/mol. The summed E-state index contributed by atoms with van der Waals surface area (Å²) >= 11 is 0. The van der Waals surface area contributed by atoms with Crippen LogP contribution in [0, 0.1) is 0 Å². The van der Waals surface area contributed by atoms with E-state index in [9.17, 15) is 18.9 Å². The van der Waals surface area contributed by atoms with Gasteiger partial charge in [-0.2, -0.15) is 0 Å². The summed E-state index contributed by atoms with van der Waals surface area (Å²) in [6, 6.07) is 17.7. The number of phosphoric ester groups is 1. The van der Waals surface area contributed by atoms with Crippen molar-refractivity contribution < 1.29 is 46.7 Å². The first-order valence-electron chi connectivity index (χ1n) is 23.5. The normalized spacial score (nSPS) is 12.9. The lowest BCUT2D eigenvalue weighted by molar-refractivity contribution is -0.161. The average molecular weight is 874 g/mol. The van der Waals surface area contributed by atoms with Crippen molar-refractivity contribution in [3.05, 3.63) is 66.2 Å². The number of rotatable bonds is 38. The van der Waals surface area contributed by atoms with Crippen LogP contribution in [0.1, 0.15) is 187 Å². The molecular formula is C49H80NO10P. The third kappa shape index (κ3) is 29.5. The zero-order valence-corrected chi connectivity index (χ0v) is 39.1. The van der Waals surface area contributed by atoms with E-state index < -0.39 is 44.1 Å². The number of phosphoric acid groups is 1. The van der Waals surface area contributed by atoms with Crippen molar-refractivity contribution in [3.8, 4) is 5.75 Å². The quantitative estimate of drug-likeness (QED) is 0.0300. The van der Waals surface area contributed by atoms with Gasteiger partial charge in [-0.15, -0.1) is 0 Å². The zero-order valence-electron chi connectivity index (χ0n) is 38.2. The van der Waals surface area contributed by atoms with E-state index in [0.717, 1.165) is 44.1 Å². The molecule has 61 heavy (non-hydrogen) atoms. The molecule has 0 saturated carbocycles. The van der Waals surface area contributed by atoms with E-state index in [1.54, 1.807) is 44.2 Å². The van der Waals surface area contributed by atoms with Crippen molar-refractivity contribution >= 4 is 25.9 Å². The molecule has 2 aromatic rings. The van der Waals surface area contributed by atoms with Crippen molar-refractivity contribution in [2.75, 3.05) is 19.8 Å². The van der Waals surface area contributed by atoms with Crippen molar-refractivity contribution in [1.29, 1.82) is 0 Å². The molecule has 0 radical (unpaired) electrons. The molecule has 1 N–H and O–H groups in total. The highest BCUT2D eigenvalue weighted by Gasteiger charge is 2.35. The summed E-state index contributed by atoms with van der Waals surface area (Å²) in [6.07, 6.45) is 24.3. The number of unbranched alkanes of at least 4 members (excludes halogenated alkanes) is 20. The van der Waals surface area contributed by atoms with Gasteiger partial charge in [-0.25, -0.2) is 9.36 Å². The van der Waals surface area contributed by atoms with E-state index in [1.807, 2.05) is 30.3 Å². The van der Waals surface area contributed by atoms with Crippen LogP contribution in [0.4, 0.5) is 4.79 Å². The van der Waals surface area contributed by atoms with E-state index in [-0.39, 0.29) is 38.4 Å². The van der Waals surface area contributed by atoms with E-state index in [4.69, 9.17) is 27.8 Å². The molecule has 2 atom stereocenters. The van der Waals surface area contributed by atoms with Crippen LogP contribution in [0.3, 0.4) is 0 Å². The highest BCUT2D eigenvalue weighted by molar-refractivity contribution is 7.48. The van der Waals surface area contributed by atoms with Crippen molar-refractivity contribution in [1.82, 2.24) is 5.32 Å². The standard InChI is InChI=1S/C49H80NO10P/c1-5-7-9-11-13-15-17-19-21-23-31-37-46(51)55-40-45(59-47(52)38-32-24-22-20-18-16-14-12-10-8-6-2)41-57-61(54,60-44-35-29-26-30-36-44)58-42-49(3,4)50-48(53)56-39-43-33-27-25-28-34-43/h25-30,33-36,45H,5-24,31-32,37-42H2,1-4H3,(H,50,53)/t45-,61?/m0/s1. The first-order chi connectivity index (χ1) is 29.5. The molecule has 2 aromatic carbocycles. The predicted octanol–water partition coefficient (Wildman–Crippen LogP) is 13.8. The molecule has 12 heteroatoms.